The average Bonchev–Trinajstić information content (AvgIpc) is 3.32. The van der Waals surface area contributed by atoms with E-state index in [1.165, 1.54) is 17.3 Å². The molecule has 8 heteroatoms. The highest BCUT2D eigenvalue weighted by molar-refractivity contribution is 9.10. The highest BCUT2D eigenvalue weighted by Crippen LogP contribution is 2.31. The molecule has 1 amide bonds. The van der Waals surface area contributed by atoms with Gasteiger partial charge < -0.3 is 9.73 Å². The number of nitrogens with one attached hydrogen (secondary N) is 1. The lowest BCUT2D eigenvalue weighted by molar-refractivity contribution is -0.113. The number of carbonyl (C=O) groups excluding carboxylic acids is 1. The van der Waals surface area contributed by atoms with Crippen molar-refractivity contribution in [3.05, 3.63) is 70.2 Å². The van der Waals surface area contributed by atoms with E-state index in [-0.39, 0.29) is 11.7 Å². The summed E-state index contributed by atoms with van der Waals surface area (Å²) in [5.74, 6) is 1.35. The van der Waals surface area contributed by atoms with Crippen molar-refractivity contribution in [2.24, 2.45) is 0 Å². The second kappa shape index (κ2) is 9.34. The molecule has 2 aromatic heterocycles. The number of benzene rings is 2. The summed E-state index contributed by atoms with van der Waals surface area (Å²) in [6, 6.07) is 11.9. The zero-order valence-corrected chi connectivity index (χ0v) is 20.5. The van der Waals surface area contributed by atoms with Gasteiger partial charge in [0.2, 0.25) is 11.7 Å². The Bertz CT molecular complexity index is 1300. The van der Waals surface area contributed by atoms with Crippen LogP contribution < -0.4 is 5.32 Å². The van der Waals surface area contributed by atoms with Gasteiger partial charge in [-0.1, -0.05) is 51.5 Å². The quantitative estimate of drug-likeness (QED) is 0.233. The van der Waals surface area contributed by atoms with Gasteiger partial charge in [-0.3, -0.25) is 9.36 Å². The summed E-state index contributed by atoms with van der Waals surface area (Å²) in [4.78, 5) is 12.6. The fraction of sp³-hybridized carbons (Fsp3) is 0.208. The van der Waals surface area contributed by atoms with Crippen LogP contribution in [0.5, 0.6) is 0 Å². The second-order valence-electron chi connectivity index (χ2n) is 7.61. The minimum atomic E-state index is -0.0895. The average molecular weight is 511 g/mol. The predicted octanol–water partition coefficient (Wildman–Crippen LogP) is 6.30. The van der Waals surface area contributed by atoms with E-state index < -0.39 is 0 Å². The van der Waals surface area contributed by atoms with Crippen molar-refractivity contribution < 1.29 is 9.21 Å². The van der Waals surface area contributed by atoms with Crippen LogP contribution in [0.3, 0.4) is 0 Å². The molecule has 0 spiro atoms. The molecule has 0 bridgehead atoms. The Hall–Kier alpha value is -2.84. The number of halogens is 1. The molecule has 0 saturated heterocycles. The molecule has 4 rings (SSSR count). The third-order valence-electron chi connectivity index (χ3n) is 5.00. The first-order chi connectivity index (χ1) is 15.4. The third-order valence-corrected chi connectivity index (χ3v) is 6.46. The first-order valence-electron chi connectivity index (χ1n) is 10.1. The number of thioether (sulfide) groups is 1. The first-order valence-corrected chi connectivity index (χ1v) is 11.9. The molecule has 0 unspecified atom stereocenters. The fourth-order valence-corrected chi connectivity index (χ4v) is 4.81. The molecular weight excluding hydrogens is 488 g/mol. The molecule has 2 heterocycles. The van der Waals surface area contributed by atoms with Crippen LogP contribution in [0.2, 0.25) is 0 Å². The van der Waals surface area contributed by atoms with Gasteiger partial charge in [0.15, 0.2) is 10.9 Å². The smallest absolute Gasteiger partial charge is 0.234 e. The van der Waals surface area contributed by atoms with Crippen LogP contribution in [0.4, 0.5) is 5.69 Å². The molecule has 0 aliphatic rings. The van der Waals surface area contributed by atoms with Gasteiger partial charge in [-0.15, -0.1) is 16.8 Å². The molecule has 0 saturated carbocycles. The molecule has 32 heavy (non-hydrogen) atoms. The van der Waals surface area contributed by atoms with E-state index >= 15 is 0 Å². The summed E-state index contributed by atoms with van der Waals surface area (Å²) in [5.41, 5.74) is 4.91. The van der Waals surface area contributed by atoms with Gasteiger partial charge in [-0.2, -0.15) is 0 Å². The summed E-state index contributed by atoms with van der Waals surface area (Å²) in [6.45, 7) is 10.4. The van der Waals surface area contributed by atoms with Gasteiger partial charge >= 0.3 is 0 Å². The molecular formula is C24H23BrN4O2S. The predicted molar refractivity (Wildman–Crippen MR) is 133 cm³/mol. The summed E-state index contributed by atoms with van der Waals surface area (Å²) in [6.07, 6.45) is 1.77. The normalized spacial score (nSPS) is 11.1. The Labute approximate surface area is 199 Å². The van der Waals surface area contributed by atoms with E-state index in [4.69, 9.17) is 4.42 Å². The van der Waals surface area contributed by atoms with Crippen LogP contribution in [-0.4, -0.2) is 26.4 Å². The van der Waals surface area contributed by atoms with Crippen LogP contribution in [0.15, 0.2) is 63.1 Å². The minimum absolute atomic E-state index is 0.0895. The molecule has 0 fully saturated rings. The standard InChI is InChI=1S/C24H23BrN4O2S/c1-5-8-29-23(20-12-17-11-18(25)6-7-19(17)31-20)27-28-24(29)32-13-21(30)26-22-15(3)9-14(2)10-16(22)4/h5-7,9-12H,1,8,13H2,2-4H3,(H,26,30). The summed E-state index contributed by atoms with van der Waals surface area (Å²) in [5, 5.41) is 13.3. The number of allylic oxidation sites excluding steroid dienone is 1. The SMILES string of the molecule is C=CCn1c(SCC(=O)Nc2c(C)cc(C)cc2C)nnc1-c1cc2cc(Br)ccc2o1. The topological polar surface area (TPSA) is 73.0 Å². The number of aromatic nitrogens is 3. The van der Waals surface area contributed by atoms with Gasteiger partial charge in [-0.25, -0.2) is 0 Å². The number of aryl methyl sites for hydroxylation is 3. The Kier molecular flexibility index (Phi) is 6.53. The lowest BCUT2D eigenvalue weighted by Crippen LogP contribution is -2.16. The van der Waals surface area contributed by atoms with Gasteiger partial charge in [-0.05, 0) is 56.2 Å². The minimum Gasteiger partial charge on any atom is -0.453 e. The lowest BCUT2D eigenvalue weighted by Gasteiger charge is -2.12. The Morgan fingerprint density at radius 1 is 1.19 bits per heavy atom. The summed E-state index contributed by atoms with van der Waals surface area (Å²) < 4.78 is 8.86. The van der Waals surface area contributed by atoms with Crippen LogP contribution in [0.1, 0.15) is 16.7 Å². The highest BCUT2D eigenvalue weighted by atomic mass is 79.9. The Balaban J connectivity index is 1.53. The van der Waals surface area contributed by atoms with Crippen LogP contribution >= 0.6 is 27.7 Å². The molecule has 2 aromatic carbocycles. The van der Waals surface area contributed by atoms with E-state index in [1.807, 2.05) is 49.6 Å². The van der Waals surface area contributed by atoms with Crippen LogP contribution in [0, 0.1) is 20.8 Å². The Morgan fingerprint density at radius 3 is 2.66 bits per heavy atom. The van der Waals surface area contributed by atoms with E-state index in [0.717, 1.165) is 32.3 Å². The number of hydrogen-bond acceptors (Lipinski definition) is 5. The summed E-state index contributed by atoms with van der Waals surface area (Å²) in [7, 11) is 0. The third kappa shape index (κ3) is 4.66. The largest absolute Gasteiger partial charge is 0.453 e. The van der Waals surface area contributed by atoms with E-state index in [0.29, 0.717) is 23.3 Å². The van der Waals surface area contributed by atoms with Crippen molar-refractivity contribution in [3.63, 3.8) is 0 Å². The maximum absolute atomic E-state index is 12.6. The lowest BCUT2D eigenvalue weighted by atomic mass is 10.1. The van der Waals surface area contributed by atoms with Crippen LogP contribution in [-0.2, 0) is 11.3 Å². The van der Waals surface area contributed by atoms with Crippen molar-refractivity contribution >= 4 is 50.3 Å². The van der Waals surface area contributed by atoms with Gasteiger partial charge in [0.1, 0.15) is 5.58 Å². The van der Waals surface area contributed by atoms with Crippen molar-refractivity contribution in [1.29, 1.82) is 0 Å². The molecule has 4 aromatic rings. The van der Waals surface area contributed by atoms with Gasteiger partial charge in [0, 0.05) is 22.1 Å². The monoisotopic (exact) mass is 510 g/mol. The van der Waals surface area contributed by atoms with Gasteiger partial charge in [0.25, 0.3) is 0 Å². The van der Waals surface area contributed by atoms with E-state index in [1.54, 1.807) is 6.08 Å². The van der Waals surface area contributed by atoms with Crippen molar-refractivity contribution in [1.82, 2.24) is 14.8 Å². The molecule has 0 radical (unpaired) electrons. The zero-order chi connectivity index (χ0) is 22.8. The van der Waals surface area contributed by atoms with Crippen LogP contribution in [0.25, 0.3) is 22.6 Å². The molecule has 1 N–H and O–H groups in total. The maximum Gasteiger partial charge on any atom is 0.234 e. The molecule has 0 atom stereocenters. The number of carbonyl (C=O) groups is 1. The van der Waals surface area contributed by atoms with Gasteiger partial charge in [0.05, 0.1) is 5.75 Å². The number of nitrogens with zero attached hydrogens (tertiary/aromatic N) is 3. The highest BCUT2D eigenvalue weighted by Gasteiger charge is 2.19. The first kappa shape index (κ1) is 22.4. The van der Waals surface area contributed by atoms with E-state index in [2.05, 4.69) is 50.2 Å². The molecule has 0 aliphatic carbocycles. The number of furan rings is 1. The maximum atomic E-state index is 12.6. The number of hydrogen-bond donors (Lipinski definition) is 1. The van der Waals surface area contributed by atoms with Crippen molar-refractivity contribution in [3.8, 4) is 11.6 Å². The number of anilines is 1. The molecule has 6 nitrogen and oxygen atoms in total. The summed E-state index contributed by atoms with van der Waals surface area (Å²) >= 11 is 4.82. The number of fused-ring (bicyclic) bond motifs is 1. The second-order valence-corrected chi connectivity index (χ2v) is 9.47. The van der Waals surface area contributed by atoms with Crippen molar-refractivity contribution in [2.45, 2.75) is 32.5 Å². The number of amides is 1. The molecule has 0 aliphatic heterocycles. The molecule has 164 valence electrons. The van der Waals surface area contributed by atoms with E-state index in [9.17, 15) is 4.79 Å². The zero-order valence-electron chi connectivity index (χ0n) is 18.1. The number of rotatable bonds is 7. The Morgan fingerprint density at radius 2 is 1.94 bits per heavy atom. The van der Waals surface area contributed by atoms with Crippen molar-refractivity contribution in [2.75, 3.05) is 11.1 Å². The fourth-order valence-electron chi connectivity index (χ4n) is 3.68.